The van der Waals surface area contributed by atoms with Gasteiger partial charge in [0.2, 0.25) is 0 Å². The molecule has 22 heavy (non-hydrogen) atoms. The number of carbonyl (C=O) groups excluding carboxylic acids is 1. The molecule has 0 radical (unpaired) electrons. The third kappa shape index (κ3) is 3.62. The minimum absolute atomic E-state index is 0.0385. The number of likely N-dealkylation sites (tertiary alicyclic amines) is 1. The maximum Gasteiger partial charge on any atom is 0.317 e. The summed E-state index contributed by atoms with van der Waals surface area (Å²) < 4.78 is 5.40. The fourth-order valence-electron chi connectivity index (χ4n) is 3.26. The molecule has 1 aromatic heterocycles. The first kappa shape index (κ1) is 15.8. The second-order valence-electron chi connectivity index (χ2n) is 6.08. The normalized spacial score (nSPS) is 24.4. The van der Waals surface area contributed by atoms with Crippen molar-refractivity contribution < 1.29 is 9.53 Å². The van der Waals surface area contributed by atoms with Gasteiger partial charge >= 0.3 is 6.03 Å². The lowest BCUT2D eigenvalue weighted by atomic mass is 10.2. The lowest BCUT2D eigenvalue weighted by Crippen LogP contribution is -2.52. The maximum absolute atomic E-state index is 12.4. The fraction of sp³-hybridized carbons (Fsp3) is 0.688. The molecule has 2 atom stereocenters. The van der Waals surface area contributed by atoms with E-state index in [0.29, 0.717) is 32.3 Å². The molecule has 0 bridgehead atoms. The zero-order valence-electron chi connectivity index (χ0n) is 13.2. The first-order valence-corrected chi connectivity index (χ1v) is 9.03. The molecule has 1 N–H and O–H groups in total. The molecule has 2 aliphatic rings. The molecule has 0 saturated carbocycles. The maximum atomic E-state index is 12.4. The van der Waals surface area contributed by atoms with Crippen LogP contribution >= 0.6 is 11.3 Å². The van der Waals surface area contributed by atoms with Crippen LogP contribution in [0.3, 0.4) is 0 Å². The van der Waals surface area contributed by atoms with Crippen LogP contribution in [0, 0.1) is 0 Å². The van der Waals surface area contributed by atoms with E-state index in [9.17, 15) is 4.79 Å². The molecule has 5 nitrogen and oxygen atoms in total. The Morgan fingerprint density at radius 3 is 2.95 bits per heavy atom. The zero-order chi connectivity index (χ0) is 15.4. The second-order valence-corrected chi connectivity index (χ2v) is 7.06. The van der Waals surface area contributed by atoms with Crippen LogP contribution in [0.4, 0.5) is 4.79 Å². The van der Waals surface area contributed by atoms with E-state index in [0.717, 1.165) is 13.1 Å². The van der Waals surface area contributed by atoms with Gasteiger partial charge in [0.25, 0.3) is 0 Å². The highest BCUT2D eigenvalue weighted by molar-refractivity contribution is 7.10. The number of thiophene rings is 1. The van der Waals surface area contributed by atoms with Crippen molar-refractivity contribution in [3.05, 3.63) is 22.4 Å². The molecule has 3 rings (SSSR count). The van der Waals surface area contributed by atoms with Crippen LogP contribution in [0.25, 0.3) is 0 Å². The van der Waals surface area contributed by atoms with E-state index in [2.05, 4.69) is 27.7 Å². The van der Waals surface area contributed by atoms with E-state index >= 15 is 0 Å². The largest absolute Gasteiger partial charge is 0.377 e. The highest BCUT2D eigenvalue weighted by atomic mass is 32.1. The highest BCUT2D eigenvalue weighted by Gasteiger charge is 2.27. The molecule has 6 heteroatoms. The Bertz CT molecular complexity index is 474. The summed E-state index contributed by atoms with van der Waals surface area (Å²) in [6.07, 6.45) is 2.52. The average molecular weight is 323 g/mol. The number of nitrogens with one attached hydrogen (secondary N) is 1. The van der Waals surface area contributed by atoms with Gasteiger partial charge in [-0.05, 0) is 44.3 Å². The van der Waals surface area contributed by atoms with Crippen molar-refractivity contribution in [1.29, 1.82) is 0 Å². The van der Waals surface area contributed by atoms with Crippen molar-refractivity contribution in [2.24, 2.45) is 0 Å². The van der Waals surface area contributed by atoms with Gasteiger partial charge < -0.3 is 15.0 Å². The smallest absolute Gasteiger partial charge is 0.317 e. The predicted octanol–water partition coefficient (Wildman–Crippen LogP) is 2.32. The van der Waals surface area contributed by atoms with Crippen LogP contribution in [-0.4, -0.2) is 61.3 Å². The van der Waals surface area contributed by atoms with Gasteiger partial charge in [0.05, 0.1) is 25.3 Å². The number of hydrogen-bond donors (Lipinski definition) is 1. The van der Waals surface area contributed by atoms with Crippen LogP contribution in [-0.2, 0) is 4.74 Å². The van der Waals surface area contributed by atoms with Crippen molar-refractivity contribution in [3.63, 3.8) is 0 Å². The van der Waals surface area contributed by atoms with Crippen molar-refractivity contribution in [1.82, 2.24) is 15.1 Å². The van der Waals surface area contributed by atoms with Gasteiger partial charge in [0.1, 0.15) is 0 Å². The summed E-state index contributed by atoms with van der Waals surface area (Å²) in [6.45, 7) is 6.94. The Morgan fingerprint density at radius 2 is 2.27 bits per heavy atom. The van der Waals surface area contributed by atoms with E-state index < -0.39 is 0 Å². The Labute approximate surface area is 136 Å². The molecular formula is C16H25N3O2S. The first-order valence-electron chi connectivity index (χ1n) is 8.15. The predicted molar refractivity (Wildman–Crippen MR) is 88.3 cm³/mol. The number of nitrogens with zero attached hydrogens (tertiary/aromatic N) is 2. The number of hydrogen-bond acceptors (Lipinski definition) is 4. The highest BCUT2D eigenvalue weighted by Crippen LogP contribution is 2.27. The summed E-state index contributed by atoms with van der Waals surface area (Å²) in [7, 11) is 0. The number of amides is 2. The van der Waals surface area contributed by atoms with E-state index in [4.69, 9.17) is 4.74 Å². The molecule has 3 heterocycles. The number of carbonyl (C=O) groups is 1. The number of ether oxygens (including phenoxy) is 1. The summed E-state index contributed by atoms with van der Waals surface area (Å²) in [5, 5.41) is 5.26. The van der Waals surface area contributed by atoms with E-state index in [-0.39, 0.29) is 12.1 Å². The Hall–Kier alpha value is -1.11. The zero-order valence-corrected chi connectivity index (χ0v) is 14.0. The molecule has 0 spiro atoms. The molecule has 2 saturated heterocycles. The number of morpholine rings is 1. The third-order valence-corrected chi connectivity index (χ3v) is 5.50. The van der Waals surface area contributed by atoms with Gasteiger partial charge in [-0.3, -0.25) is 4.90 Å². The fourth-order valence-corrected chi connectivity index (χ4v) is 4.12. The van der Waals surface area contributed by atoms with E-state index in [1.807, 2.05) is 11.8 Å². The van der Waals surface area contributed by atoms with Crippen LogP contribution in [0.2, 0.25) is 0 Å². The summed E-state index contributed by atoms with van der Waals surface area (Å²) in [5.74, 6) is 0. The second kappa shape index (κ2) is 7.44. The van der Waals surface area contributed by atoms with Crippen molar-refractivity contribution >= 4 is 17.4 Å². The van der Waals surface area contributed by atoms with Gasteiger partial charge in [0, 0.05) is 18.0 Å². The standard InChI is InChI=1S/C16H25N3O2S/c1-13-12-21-9-8-19(13)16(20)17-11-14(15-5-4-10-22-15)18-6-2-3-7-18/h4-5,10,13-14H,2-3,6-9,11-12H2,1H3,(H,17,20)/t13-,14-/m0/s1. The Balaban J connectivity index is 1.60. The van der Waals surface area contributed by atoms with Gasteiger partial charge in [-0.15, -0.1) is 11.3 Å². The number of rotatable bonds is 4. The summed E-state index contributed by atoms with van der Waals surface area (Å²) >= 11 is 1.78. The molecule has 2 fully saturated rings. The van der Waals surface area contributed by atoms with Gasteiger partial charge in [-0.1, -0.05) is 6.07 Å². The lowest BCUT2D eigenvalue weighted by Gasteiger charge is -2.34. The summed E-state index contributed by atoms with van der Waals surface area (Å²) in [6, 6.07) is 4.77. The van der Waals surface area contributed by atoms with Gasteiger partial charge in [-0.25, -0.2) is 4.79 Å². The van der Waals surface area contributed by atoms with Crippen LogP contribution in [0.5, 0.6) is 0 Å². The topological polar surface area (TPSA) is 44.8 Å². The van der Waals surface area contributed by atoms with Gasteiger partial charge in [-0.2, -0.15) is 0 Å². The van der Waals surface area contributed by atoms with Crippen LogP contribution in [0.1, 0.15) is 30.7 Å². The molecule has 2 aliphatic heterocycles. The first-order chi connectivity index (χ1) is 10.8. The van der Waals surface area contributed by atoms with E-state index in [1.165, 1.54) is 17.7 Å². The average Bonchev–Trinajstić information content (AvgIpc) is 3.21. The Morgan fingerprint density at radius 1 is 1.45 bits per heavy atom. The van der Waals surface area contributed by atoms with Crippen molar-refractivity contribution in [3.8, 4) is 0 Å². The van der Waals surface area contributed by atoms with Crippen molar-refractivity contribution in [2.45, 2.75) is 31.8 Å². The molecule has 0 aliphatic carbocycles. The lowest BCUT2D eigenvalue weighted by molar-refractivity contribution is 0.0187. The molecular weight excluding hydrogens is 298 g/mol. The van der Waals surface area contributed by atoms with Crippen molar-refractivity contribution in [2.75, 3.05) is 39.4 Å². The number of urea groups is 1. The molecule has 2 amide bonds. The summed E-state index contributed by atoms with van der Waals surface area (Å²) in [5.41, 5.74) is 0. The van der Waals surface area contributed by atoms with Crippen LogP contribution < -0.4 is 5.32 Å². The van der Waals surface area contributed by atoms with E-state index in [1.54, 1.807) is 11.3 Å². The molecule has 1 aromatic rings. The minimum Gasteiger partial charge on any atom is -0.377 e. The molecule has 122 valence electrons. The Kier molecular flexibility index (Phi) is 5.33. The quantitative estimate of drug-likeness (QED) is 0.925. The summed E-state index contributed by atoms with van der Waals surface area (Å²) in [4.78, 5) is 18.2. The van der Waals surface area contributed by atoms with Crippen LogP contribution in [0.15, 0.2) is 17.5 Å². The molecule has 0 aromatic carbocycles. The SMILES string of the molecule is C[C@H]1COCCN1C(=O)NC[C@@H](c1cccs1)N1CCCC1. The monoisotopic (exact) mass is 323 g/mol. The third-order valence-electron chi connectivity index (χ3n) is 4.53. The minimum atomic E-state index is 0.0385. The molecule has 0 unspecified atom stereocenters. The van der Waals surface area contributed by atoms with Gasteiger partial charge in [0.15, 0.2) is 0 Å².